The first kappa shape index (κ1) is 23.4. The Morgan fingerprint density at radius 1 is 1.26 bits per heavy atom. The summed E-state index contributed by atoms with van der Waals surface area (Å²) in [7, 11) is 0. The molecule has 0 aromatic heterocycles. The number of carbonyl (C=O) groups excluding carboxylic acids is 2. The highest BCUT2D eigenvalue weighted by Crippen LogP contribution is 2.27. The van der Waals surface area contributed by atoms with Gasteiger partial charge in [-0.25, -0.2) is 4.79 Å². The van der Waals surface area contributed by atoms with Crippen molar-refractivity contribution in [2.24, 2.45) is 5.92 Å². The first-order chi connectivity index (χ1) is 15.0. The Morgan fingerprint density at radius 2 is 2.00 bits per heavy atom. The van der Waals surface area contributed by atoms with Gasteiger partial charge in [0, 0.05) is 50.3 Å². The van der Waals surface area contributed by atoms with Crippen molar-refractivity contribution in [3.05, 3.63) is 24.3 Å². The van der Waals surface area contributed by atoms with E-state index in [1.807, 2.05) is 30.9 Å². The molecule has 1 unspecified atom stereocenters. The minimum Gasteiger partial charge on any atom is -0.447 e. The van der Waals surface area contributed by atoms with Gasteiger partial charge >= 0.3 is 6.09 Å². The van der Waals surface area contributed by atoms with Gasteiger partial charge in [0.05, 0.1) is 6.10 Å². The van der Waals surface area contributed by atoms with E-state index in [1.54, 1.807) is 0 Å². The summed E-state index contributed by atoms with van der Waals surface area (Å²) >= 11 is 0. The summed E-state index contributed by atoms with van der Waals surface area (Å²) in [6.07, 6.45) is 6.99. The van der Waals surface area contributed by atoms with Crippen molar-refractivity contribution in [3.63, 3.8) is 0 Å². The minimum absolute atomic E-state index is 0.139. The van der Waals surface area contributed by atoms with Gasteiger partial charge in [-0.3, -0.25) is 10.1 Å². The standard InChI is InChI=1S/C24H37N3O4/c1-19(2)31-24(29)25-21-7-9-22(10-8-21)26-13-3-5-20(17-26)6-4-14-27(18-28)23-11-15-30-16-12-23/h7-10,18-20,23H,3-6,11-17H2,1-2H3,(H,25,29). The van der Waals surface area contributed by atoms with Crippen LogP contribution >= 0.6 is 0 Å². The largest absolute Gasteiger partial charge is 0.447 e. The van der Waals surface area contributed by atoms with E-state index in [9.17, 15) is 9.59 Å². The Balaban J connectivity index is 1.44. The number of amides is 2. The Bertz CT molecular complexity index is 689. The monoisotopic (exact) mass is 431 g/mol. The van der Waals surface area contributed by atoms with E-state index in [4.69, 9.17) is 9.47 Å². The molecule has 2 heterocycles. The van der Waals surface area contributed by atoms with E-state index >= 15 is 0 Å². The summed E-state index contributed by atoms with van der Waals surface area (Å²) in [6.45, 7) is 8.13. The van der Waals surface area contributed by atoms with E-state index < -0.39 is 6.09 Å². The van der Waals surface area contributed by atoms with Gasteiger partial charge in [0.2, 0.25) is 6.41 Å². The lowest BCUT2D eigenvalue weighted by Gasteiger charge is -2.35. The number of ether oxygens (including phenoxy) is 2. The van der Waals surface area contributed by atoms with Crippen LogP contribution in [-0.2, 0) is 14.3 Å². The van der Waals surface area contributed by atoms with Crippen LogP contribution in [0.3, 0.4) is 0 Å². The quantitative estimate of drug-likeness (QED) is 0.591. The number of anilines is 2. The molecule has 2 amide bonds. The minimum atomic E-state index is -0.425. The fourth-order valence-corrected chi connectivity index (χ4v) is 4.55. The highest BCUT2D eigenvalue weighted by molar-refractivity contribution is 5.85. The molecule has 2 aliphatic heterocycles. The Morgan fingerprint density at radius 3 is 2.68 bits per heavy atom. The molecule has 7 heteroatoms. The molecule has 172 valence electrons. The van der Waals surface area contributed by atoms with Gasteiger partial charge < -0.3 is 19.3 Å². The zero-order valence-corrected chi connectivity index (χ0v) is 18.9. The predicted octanol–water partition coefficient (Wildman–Crippen LogP) is 4.28. The molecule has 0 spiro atoms. The van der Waals surface area contributed by atoms with Crippen LogP contribution in [0.1, 0.15) is 52.4 Å². The van der Waals surface area contributed by atoms with E-state index in [0.29, 0.717) is 12.0 Å². The van der Waals surface area contributed by atoms with Crippen molar-refractivity contribution in [2.45, 2.75) is 64.5 Å². The van der Waals surface area contributed by atoms with Gasteiger partial charge in [0.25, 0.3) is 0 Å². The molecule has 0 aliphatic carbocycles. The highest BCUT2D eigenvalue weighted by Gasteiger charge is 2.23. The molecule has 2 fully saturated rings. The summed E-state index contributed by atoms with van der Waals surface area (Å²) < 4.78 is 10.5. The van der Waals surface area contributed by atoms with Crippen molar-refractivity contribution < 1.29 is 19.1 Å². The lowest BCUT2D eigenvalue weighted by atomic mass is 9.92. The molecule has 7 nitrogen and oxygen atoms in total. The van der Waals surface area contributed by atoms with Gasteiger partial charge in [-0.1, -0.05) is 0 Å². The zero-order chi connectivity index (χ0) is 22.1. The second kappa shape index (κ2) is 11.9. The van der Waals surface area contributed by atoms with Crippen LogP contribution in [0.4, 0.5) is 16.2 Å². The summed E-state index contributed by atoms with van der Waals surface area (Å²) in [6, 6.07) is 8.32. The maximum absolute atomic E-state index is 11.7. The molecule has 1 aromatic carbocycles. The average molecular weight is 432 g/mol. The molecule has 0 bridgehead atoms. The lowest BCUT2D eigenvalue weighted by molar-refractivity contribution is -0.122. The summed E-state index contributed by atoms with van der Waals surface area (Å²) in [5, 5.41) is 2.76. The summed E-state index contributed by atoms with van der Waals surface area (Å²) in [5.41, 5.74) is 1.93. The first-order valence-corrected chi connectivity index (χ1v) is 11.7. The van der Waals surface area contributed by atoms with Crippen molar-refractivity contribution in [2.75, 3.05) is 43.1 Å². The highest BCUT2D eigenvalue weighted by atomic mass is 16.6. The molecule has 0 radical (unpaired) electrons. The van der Waals surface area contributed by atoms with Crippen molar-refractivity contribution in [3.8, 4) is 0 Å². The van der Waals surface area contributed by atoms with Gasteiger partial charge in [-0.05, 0) is 82.6 Å². The molecule has 1 aromatic rings. The number of nitrogens with zero attached hydrogens (tertiary/aromatic N) is 2. The molecule has 2 saturated heterocycles. The molecular weight excluding hydrogens is 394 g/mol. The van der Waals surface area contributed by atoms with Crippen LogP contribution in [0.2, 0.25) is 0 Å². The number of nitrogens with one attached hydrogen (secondary N) is 1. The van der Waals surface area contributed by atoms with Gasteiger partial charge in [-0.15, -0.1) is 0 Å². The number of piperidine rings is 1. The fourth-order valence-electron chi connectivity index (χ4n) is 4.55. The normalized spacial score (nSPS) is 19.8. The zero-order valence-electron chi connectivity index (χ0n) is 18.9. The van der Waals surface area contributed by atoms with Crippen LogP contribution < -0.4 is 10.2 Å². The summed E-state index contributed by atoms with van der Waals surface area (Å²) in [4.78, 5) is 27.7. The fraction of sp³-hybridized carbons (Fsp3) is 0.667. The van der Waals surface area contributed by atoms with Crippen molar-refractivity contribution >= 4 is 23.9 Å². The maximum atomic E-state index is 11.7. The van der Waals surface area contributed by atoms with Crippen LogP contribution in [0.15, 0.2) is 24.3 Å². The number of hydrogen-bond acceptors (Lipinski definition) is 5. The molecule has 1 atom stereocenters. The summed E-state index contributed by atoms with van der Waals surface area (Å²) in [5.74, 6) is 0.649. The Labute approximate surface area is 186 Å². The van der Waals surface area contributed by atoms with Crippen LogP contribution in [-0.4, -0.2) is 62.4 Å². The molecule has 0 saturated carbocycles. The maximum Gasteiger partial charge on any atom is 0.411 e. The number of benzene rings is 1. The SMILES string of the molecule is CC(C)OC(=O)Nc1ccc(N2CCCC(CCCN(C=O)C3CCOCC3)C2)cc1. The van der Waals surface area contributed by atoms with E-state index in [0.717, 1.165) is 70.6 Å². The molecule has 31 heavy (non-hydrogen) atoms. The molecule has 2 aliphatic rings. The third kappa shape index (κ3) is 7.42. The Kier molecular flexibility index (Phi) is 9.00. The Hall–Kier alpha value is -2.28. The van der Waals surface area contributed by atoms with Crippen molar-refractivity contribution in [1.82, 2.24) is 4.90 Å². The lowest BCUT2D eigenvalue weighted by Crippen LogP contribution is -2.39. The molecule has 3 rings (SSSR count). The van der Waals surface area contributed by atoms with Gasteiger partial charge in [0.1, 0.15) is 0 Å². The first-order valence-electron chi connectivity index (χ1n) is 11.7. The topological polar surface area (TPSA) is 71.1 Å². The van der Waals surface area contributed by atoms with Crippen LogP contribution in [0, 0.1) is 5.92 Å². The second-order valence-corrected chi connectivity index (χ2v) is 8.91. The van der Waals surface area contributed by atoms with Crippen molar-refractivity contribution in [1.29, 1.82) is 0 Å². The number of carbonyl (C=O) groups is 2. The van der Waals surface area contributed by atoms with E-state index in [2.05, 4.69) is 22.3 Å². The average Bonchev–Trinajstić information content (AvgIpc) is 2.77. The molecular formula is C24H37N3O4. The predicted molar refractivity (Wildman–Crippen MR) is 122 cm³/mol. The number of rotatable bonds is 9. The van der Waals surface area contributed by atoms with E-state index in [-0.39, 0.29) is 6.10 Å². The number of hydrogen-bond donors (Lipinski definition) is 1. The van der Waals surface area contributed by atoms with E-state index in [1.165, 1.54) is 18.5 Å². The third-order valence-electron chi connectivity index (χ3n) is 6.16. The van der Waals surface area contributed by atoms with Gasteiger partial charge in [0.15, 0.2) is 0 Å². The van der Waals surface area contributed by atoms with Crippen LogP contribution in [0.5, 0.6) is 0 Å². The van der Waals surface area contributed by atoms with Gasteiger partial charge in [-0.2, -0.15) is 0 Å². The molecule has 1 N–H and O–H groups in total. The third-order valence-corrected chi connectivity index (χ3v) is 6.16. The smallest absolute Gasteiger partial charge is 0.411 e. The van der Waals surface area contributed by atoms with Crippen LogP contribution in [0.25, 0.3) is 0 Å². The second-order valence-electron chi connectivity index (χ2n) is 8.91.